The van der Waals surface area contributed by atoms with E-state index in [2.05, 4.69) is 9.55 Å². The van der Waals surface area contributed by atoms with Crippen molar-refractivity contribution in [1.82, 2.24) is 28.9 Å². The van der Waals surface area contributed by atoms with E-state index >= 15 is 0 Å². The number of piperidine rings is 1. The van der Waals surface area contributed by atoms with E-state index in [9.17, 15) is 18.4 Å². The Morgan fingerprint density at radius 2 is 2.00 bits per heavy atom. The third kappa shape index (κ3) is 4.18. The number of hydrogen-bond donors (Lipinski definition) is 0. The lowest BCUT2D eigenvalue weighted by Gasteiger charge is -2.37. The number of likely N-dealkylation sites (tertiary alicyclic amines) is 2. The molecule has 1 saturated carbocycles. The minimum absolute atomic E-state index is 0.0147. The van der Waals surface area contributed by atoms with Crippen molar-refractivity contribution in [2.45, 2.75) is 44.9 Å². The molecule has 0 spiro atoms. The zero-order chi connectivity index (χ0) is 27.5. The molecule has 9 nitrogen and oxygen atoms in total. The van der Waals surface area contributed by atoms with Crippen molar-refractivity contribution in [3.63, 3.8) is 0 Å². The number of ether oxygens (including phenoxy) is 1. The molecule has 5 heterocycles. The van der Waals surface area contributed by atoms with E-state index in [1.54, 1.807) is 33.7 Å². The molecule has 40 heavy (non-hydrogen) atoms. The summed E-state index contributed by atoms with van der Waals surface area (Å²) in [6.07, 6.45) is 6.68. The molecule has 208 valence electrons. The second kappa shape index (κ2) is 9.57. The van der Waals surface area contributed by atoms with Crippen molar-refractivity contribution in [2.75, 3.05) is 19.6 Å². The molecule has 4 aromatic rings. The summed E-state index contributed by atoms with van der Waals surface area (Å²) >= 11 is 0. The van der Waals surface area contributed by atoms with E-state index < -0.39 is 6.61 Å². The van der Waals surface area contributed by atoms with Gasteiger partial charge < -0.3 is 23.7 Å². The summed E-state index contributed by atoms with van der Waals surface area (Å²) in [5.41, 5.74) is 2.73. The molecule has 1 aromatic carbocycles. The van der Waals surface area contributed by atoms with E-state index in [0.717, 1.165) is 55.4 Å². The second-order valence-corrected chi connectivity index (χ2v) is 11.2. The quantitative estimate of drug-likeness (QED) is 0.322. The third-order valence-corrected chi connectivity index (χ3v) is 8.75. The van der Waals surface area contributed by atoms with Crippen LogP contribution in [0.5, 0.6) is 5.75 Å². The van der Waals surface area contributed by atoms with Crippen molar-refractivity contribution < 1.29 is 23.1 Å². The first kappa shape index (κ1) is 25.0. The summed E-state index contributed by atoms with van der Waals surface area (Å²) in [4.78, 5) is 38.1. The van der Waals surface area contributed by atoms with Gasteiger partial charge in [-0.05, 0) is 67.9 Å². The number of carbonyl (C=O) groups excluding carboxylic acids is 2. The van der Waals surface area contributed by atoms with E-state index in [1.807, 2.05) is 18.2 Å². The van der Waals surface area contributed by atoms with Crippen molar-refractivity contribution >= 4 is 34.4 Å². The van der Waals surface area contributed by atoms with Crippen molar-refractivity contribution in [1.29, 1.82) is 0 Å². The minimum atomic E-state index is -3.06. The number of carbonyl (C=O) groups is 2. The van der Waals surface area contributed by atoms with Crippen LogP contribution in [-0.4, -0.2) is 73.5 Å². The highest BCUT2D eigenvalue weighted by Crippen LogP contribution is 2.38. The van der Waals surface area contributed by atoms with Gasteiger partial charge in [-0.3, -0.25) is 9.59 Å². The molecule has 2 saturated heterocycles. The van der Waals surface area contributed by atoms with Gasteiger partial charge in [-0.2, -0.15) is 8.78 Å². The van der Waals surface area contributed by atoms with Gasteiger partial charge in [0.25, 0.3) is 5.91 Å². The van der Waals surface area contributed by atoms with Gasteiger partial charge in [-0.1, -0.05) is 0 Å². The number of pyridine rings is 1. The maximum Gasteiger partial charge on any atom is 0.387 e. The van der Waals surface area contributed by atoms with Crippen LogP contribution in [0.1, 0.15) is 36.0 Å². The number of alkyl halides is 2. The fourth-order valence-corrected chi connectivity index (χ4v) is 6.54. The van der Waals surface area contributed by atoms with E-state index in [4.69, 9.17) is 9.72 Å². The number of rotatable bonds is 7. The van der Waals surface area contributed by atoms with Crippen LogP contribution >= 0.6 is 0 Å². The van der Waals surface area contributed by atoms with Gasteiger partial charge in [0.1, 0.15) is 11.2 Å². The number of nitrogens with zero attached hydrogens (tertiary/aromatic N) is 6. The zero-order valence-electron chi connectivity index (χ0n) is 22.2. The number of fused-ring (bicyclic) bond motifs is 3. The van der Waals surface area contributed by atoms with Gasteiger partial charge >= 0.3 is 6.61 Å². The van der Waals surface area contributed by atoms with Crippen LogP contribution in [0.25, 0.3) is 33.6 Å². The number of hydrogen-bond acceptors (Lipinski definition) is 5. The smallest absolute Gasteiger partial charge is 0.387 e. The summed E-state index contributed by atoms with van der Waals surface area (Å²) in [5, 5.41) is 0.977. The molecule has 0 unspecified atom stereocenters. The van der Waals surface area contributed by atoms with Crippen LogP contribution in [0.15, 0.2) is 36.5 Å². The average Bonchev–Trinajstić information content (AvgIpc) is 3.42. The predicted molar refractivity (Wildman–Crippen MR) is 144 cm³/mol. The maximum absolute atomic E-state index is 13.7. The Kier molecular flexibility index (Phi) is 5.97. The van der Waals surface area contributed by atoms with Crippen LogP contribution in [0.3, 0.4) is 0 Å². The third-order valence-electron chi connectivity index (χ3n) is 8.75. The molecular formula is C29H30F2N6O3. The molecule has 1 aliphatic carbocycles. The number of imidazole rings is 1. The lowest BCUT2D eigenvalue weighted by atomic mass is 9.92. The van der Waals surface area contributed by atoms with Gasteiger partial charge in [0.15, 0.2) is 11.6 Å². The molecular weight excluding hydrogens is 518 g/mol. The molecule has 3 aromatic heterocycles. The Balaban J connectivity index is 1.30. The Morgan fingerprint density at radius 3 is 2.77 bits per heavy atom. The second-order valence-electron chi connectivity index (χ2n) is 11.2. The predicted octanol–water partition coefficient (Wildman–Crippen LogP) is 4.29. The molecule has 3 aliphatic rings. The highest BCUT2D eigenvalue weighted by Gasteiger charge is 2.39. The van der Waals surface area contributed by atoms with Gasteiger partial charge in [0.2, 0.25) is 6.41 Å². The first-order chi connectivity index (χ1) is 19.4. The Labute approximate surface area is 229 Å². The monoisotopic (exact) mass is 548 g/mol. The fourth-order valence-electron chi connectivity index (χ4n) is 6.54. The van der Waals surface area contributed by atoms with Crippen molar-refractivity contribution in [2.24, 2.45) is 18.9 Å². The molecule has 2 atom stereocenters. The van der Waals surface area contributed by atoms with Crippen molar-refractivity contribution in [3.8, 4) is 17.3 Å². The van der Waals surface area contributed by atoms with Crippen LogP contribution in [0, 0.1) is 11.8 Å². The molecule has 3 fully saturated rings. The standard InChI is InChI=1S/C29H30F2N6O3/c1-34-25-21(33-27(34)22-12-19-3-2-8-32-26(19)37(22)14-17-4-5-17)11-20(13-24(25)40-29(30)31)28(39)35-9-6-18-7-10-36(16-38)23(18)15-35/h2-3,8,11-13,16-18,23,29H,4-7,9-10,14-15H2,1H3/t18-,23+/m1/s1. The Morgan fingerprint density at radius 1 is 1.18 bits per heavy atom. The van der Waals surface area contributed by atoms with Gasteiger partial charge in [-0.15, -0.1) is 0 Å². The Bertz CT molecular complexity index is 1630. The van der Waals surface area contributed by atoms with E-state index in [1.165, 1.54) is 6.07 Å². The largest absolute Gasteiger partial charge is 0.432 e. The first-order valence-corrected chi connectivity index (χ1v) is 13.8. The van der Waals surface area contributed by atoms with Gasteiger partial charge in [0.05, 0.1) is 17.3 Å². The van der Waals surface area contributed by atoms with E-state index in [-0.39, 0.29) is 23.3 Å². The summed E-state index contributed by atoms with van der Waals surface area (Å²) in [6, 6.07) is 8.94. The molecule has 0 N–H and O–H groups in total. The van der Waals surface area contributed by atoms with Gasteiger partial charge in [0, 0.05) is 50.4 Å². The Hall–Kier alpha value is -4.02. The SMILES string of the molecule is Cn1c(-c2cc3cccnc3n2CC2CC2)nc2cc(C(=O)N3CC[C@@H]4CCN(C=O)[C@H]4C3)cc(OC(F)F)c21. The molecule has 2 amide bonds. The molecule has 7 rings (SSSR count). The summed E-state index contributed by atoms with van der Waals surface area (Å²) in [5.74, 6) is 1.17. The number of halogens is 2. The topological polar surface area (TPSA) is 85.5 Å². The molecule has 11 heteroatoms. The number of benzene rings is 1. The lowest BCUT2D eigenvalue weighted by Crippen LogP contribution is -2.49. The zero-order valence-corrected chi connectivity index (χ0v) is 22.2. The van der Waals surface area contributed by atoms with Crippen LogP contribution in [-0.2, 0) is 18.4 Å². The fraction of sp³-hybridized carbons (Fsp3) is 0.448. The van der Waals surface area contributed by atoms with Crippen molar-refractivity contribution in [3.05, 3.63) is 42.1 Å². The molecule has 2 aliphatic heterocycles. The molecule has 0 radical (unpaired) electrons. The highest BCUT2D eigenvalue weighted by atomic mass is 19.3. The van der Waals surface area contributed by atoms with Crippen LogP contribution in [0.2, 0.25) is 0 Å². The highest BCUT2D eigenvalue weighted by molar-refractivity contribution is 6.00. The lowest BCUT2D eigenvalue weighted by molar-refractivity contribution is -0.119. The van der Waals surface area contributed by atoms with Crippen LogP contribution < -0.4 is 4.74 Å². The van der Waals surface area contributed by atoms with Gasteiger partial charge in [-0.25, -0.2) is 9.97 Å². The number of aromatic nitrogens is 4. The summed E-state index contributed by atoms with van der Waals surface area (Å²) in [7, 11) is 1.77. The summed E-state index contributed by atoms with van der Waals surface area (Å²) in [6.45, 7) is -0.584. The maximum atomic E-state index is 13.7. The van der Waals surface area contributed by atoms with Crippen LogP contribution in [0.4, 0.5) is 8.78 Å². The molecule has 0 bridgehead atoms. The average molecular weight is 549 g/mol. The number of amides is 2. The normalized spacial score (nSPS) is 21.0. The van der Waals surface area contributed by atoms with E-state index in [0.29, 0.717) is 48.3 Å². The first-order valence-electron chi connectivity index (χ1n) is 13.8. The minimum Gasteiger partial charge on any atom is -0.432 e. The summed E-state index contributed by atoms with van der Waals surface area (Å²) < 4.78 is 36.0. The number of aryl methyl sites for hydroxylation is 1.